The molecule has 3 nitrogen and oxygen atoms in total. The summed E-state index contributed by atoms with van der Waals surface area (Å²) < 4.78 is 0. The van der Waals surface area contributed by atoms with E-state index < -0.39 is 5.97 Å². The second kappa shape index (κ2) is 5.45. The van der Waals surface area contributed by atoms with Gasteiger partial charge in [0, 0.05) is 18.0 Å². The first-order valence-electron chi connectivity index (χ1n) is 6.60. The number of hydrogen-bond acceptors (Lipinski definition) is 3. The fraction of sp³-hybridized carbons (Fsp3) is 0.533. The summed E-state index contributed by atoms with van der Waals surface area (Å²) in [5.41, 5.74) is 1.57. The van der Waals surface area contributed by atoms with Crippen LogP contribution in [0.3, 0.4) is 0 Å². The van der Waals surface area contributed by atoms with Crippen molar-refractivity contribution < 1.29 is 9.90 Å². The summed E-state index contributed by atoms with van der Waals surface area (Å²) in [6.07, 6.45) is 4.25. The average molecular weight is 279 g/mol. The van der Waals surface area contributed by atoms with Crippen LogP contribution in [0.1, 0.15) is 37.0 Å². The van der Waals surface area contributed by atoms with Gasteiger partial charge in [-0.2, -0.15) is 0 Å². The van der Waals surface area contributed by atoms with E-state index in [4.69, 9.17) is 0 Å². The second-order valence-corrected chi connectivity index (χ2v) is 6.70. The highest BCUT2D eigenvalue weighted by molar-refractivity contribution is 7.98. The van der Waals surface area contributed by atoms with Crippen molar-refractivity contribution in [3.8, 4) is 0 Å². The molecule has 0 unspecified atom stereocenters. The van der Waals surface area contributed by atoms with Gasteiger partial charge in [0.15, 0.2) is 0 Å². The number of thioether (sulfide) groups is 1. The van der Waals surface area contributed by atoms with Crippen LogP contribution in [0.5, 0.6) is 0 Å². The Hall–Kier alpha value is -1.16. The predicted octanol–water partition coefficient (Wildman–Crippen LogP) is 3.73. The maximum Gasteiger partial charge on any atom is 0.338 e. The zero-order valence-corrected chi connectivity index (χ0v) is 12.6. The van der Waals surface area contributed by atoms with E-state index in [2.05, 4.69) is 18.7 Å². The minimum absolute atomic E-state index is 0.253. The highest BCUT2D eigenvalue weighted by atomic mass is 32.2. The number of hydrogen-bond donors (Lipinski definition) is 1. The topological polar surface area (TPSA) is 40.5 Å². The van der Waals surface area contributed by atoms with E-state index in [0.29, 0.717) is 5.56 Å². The third-order valence-corrected chi connectivity index (χ3v) is 4.46. The number of aromatic carboxylic acids is 1. The largest absolute Gasteiger partial charge is 0.478 e. The fourth-order valence-corrected chi connectivity index (χ4v) is 3.41. The first-order valence-corrected chi connectivity index (χ1v) is 7.82. The summed E-state index contributed by atoms with van der Waals surface area (Å²) >= 11 is 1.49. The van der Waals surface area contributed by atoms with Gasteiger partial charge in [-0.3, -0.25) is 0 Å². The molecular weight excluding hydrogens is 258 g/mol. The Labute approximate surface area is 119 Å². The van der Waals surface area contributed by atoms with E-state index in [1.807, 2.05) is 24.5 Å². The molecule has 0 atom stereocenters. The summed E-state index contributed by atoms with van der Waals surface area (Å²) in [5, 5.41) is 9.50. The first kappa shape index (κ1) is 14.3. The van der Waals surface area contributed by atoms with Gasteiger partial charge >= 0.3 is 5.97 Å². The van der Waals surface area contributed by atoms with Crippen molar-refractivity contribution in [2.45, 2.75) is 31.6 Å². The van der Waals surface area contributed by atoms with Crippen LogP contribution >= 0.6 is 11.8 Å². The molecule has 0 aliphatic carbocycles. The first-order chi connectivity index (χ1) is 8.94. The Balaban J connectivity index is 2.41. The summed E-state index contributed by atoms with van der Waals surface area (Å²) in [4.78, 5) is 14.6. The smallest absolute Gasteiger partial charge is 0.338 e. The van der Waals surface area contributed by atoms with Crippen LogP contribution in [0.4, 0.5) is 5.69 Å². The Morgan fingerprint density at radius 2 is 2.16 bits per heavy atom. The summed E-state index contributed by atoms with van der Waals surface area (Å²) in [6, 6.07) is 5.77. The van der Waals surface area contributed by atoms with Crippen molar-refractivity contribution in [2.24, 2.45) is 5.41 Å². The molecule has 0 saturated carbocycles. The van der Waals surface area contributed by atoms with Crippen LogP contribution in [0, 0.1) is 5.41 Å². The summed E-state index contributed by atoms with van der Waals surface area (Å²) in [5.74, 6) is -0.830. The molecule has 1 N–H and O–H groups in total. The van der Waals surface area contributed by atoms with Crippen molar-refractivity contribution in [2.75, 3.05) is 24.2 Å². The van der Waals surface area contributed by atoms with E-state index in [9.17, 15) is 9.90 Å². The highest BCUT2D eigenvalue weighted by Gasteiger charge is 2.29. The number of carboxylic acids is 1. The number of carboxylic acid groups (broad SMARTS) is 1. The van der Waals surface area contributed by atoms with Crippen molar-refractivity contribution in [1.29, 1.82) is 0 Å². The molecule has 2 rings (SSSR count). The lowest BCUT2D eigenvalue weighted by Gasteiger charge is -2.40. The quantitative estimate of drug-likeness (QED) is 0.856. The molecule has 0 radical (unpaired) electrons. The van der Waals surface area contributed by atoms with Gasteiger partial charge in [-0.1, -0.05) is 19.9 Å². The predicted molar refractivity (Wildman–Crippen MR) is 80.4 cm³/mol. The summed E-state index contributed by atoms with van der Waals surface area (Å²) in [7, 11) is 0. The minimum Gasteiger partial charge on any atom is -0.478 e. The molecule has 1 aromatic carbocycles. The van der Waals surface area contributed by atoms with Gasteiger partial charge in [-0.25, -0.2) is 4.79 Å². The molecular formula is C15H21NO2S. The molecule has 0 amide bonds. The molecule has 0 bridgehead atoms. The van der Waals surface area contributed by atoms with E-state index >= 15 is 0 Å². The van der Waals surface area contributed by atoms with E-state index in [1.54, 1.807) is 0 Å². The highest BCUT2D eigenvalue weighted by Crippen LogP contribution is 2.35. The Morgan fingerprint density at radius 1 is 1.42 bits per heavy atom. The van der Waals surface area contributed by atoms with Crippen molar-refractivity contribution in [1.82, 2.24) is 0 Å². The fourth-order valence-electron chi connectivity index (χ4n) is 2.80. The zero-order chi connectivity index (χ0) is 14.0. The second-order valence-electron chi connectivity index (χ2n) is 5.85. The molecule has 0 aromatic heterocycles. The number of rotatable bonds is 3. The molecule has 1 aliphatic heterocycles. The molecule has 19 heavy (non-hydrogen) atoms. The standard InChI is InChI=1S/C15H21NO2S/c1-15(2)8-5-9-16(10-15)11-6-4-7-12(19-3)13(11)14(17)18/h4,6-7H,5,8-10H2,1-3H3,(H,17,18). The third kappa shape index (κ3) is 3.06. The van der Waals surface area contributed by atoms with Crippen LogP contribution in [-0.4, -0.2) is 30.4 Å². The van der Waals surface area contributed by atoms with Gasteiger partial charge in [0.05, 0.1) is 11.3 Å². The average Bonchev–Trinajstić information content (AvgIpc) is 2.36. The Bertz CT molecular complexity index is 485. The lowest BCUT2D eigenvalue weighted by atomic mass is 9.84. The van der Waals surface area contributed by atoms with Gasteiger partial charge in [-0.15, -0.1) is 11.8 Å². The molecule has 1 aromatic rings. The number of piperidine rings is 1. The van der Waals surface area contributed by atoms with Crippen LogP contribution in [0.15, 0.2) is 23.1 Å². The number of benzene rings is 1. The van der Waals surface area contributed by atoms with E-state index in [-0.39, 0.29) is 5.41 Å². The lowest BCUT2D eigenvalue weighted by molar-refractivity contribution is 0.0693. The number of anilines is 1. The molecule has 0 spiro atoms. The van der Waals surface area contributed by atoms with Crippen molar-refractivity contribution >= 4 is 23.4 Å². The monoisotopic (exact) mass is 279 g/mol. The lowest BCUT2D eigenvalue weighted by Crippen LogP contribution is -2.40. The van der Waals surface area contributed by atoms with Gasteiger partial charge in [-0.05, 0) is 36.6 Å². The number of nitrogens with zero attached hydrogens (tertiary/aromatic N) is 1. The molecule has 104 valence electrons. The van der Waals surface area contributed by atoms with E-state index in [1.165, 1.54) is 18.2 Å². The van der Waals surface area contributed by atoms with Gasteiger partial charge < -0.3 is 10.0 Å². The van der Waals surface area contributed by atoms with Gasteiger partial charge in [0.1, 0.15) is 0 Å². The van der Waals surface area contributed by atoms with Crippen molar-refractivity contribution in [3.63, 3.8) is 0 Å². The maximum absolute atomic E-state index is 11.6. The van der Waals surface area contributed by atoms with Gasteiger partial charge in [0.2, 0.25) is 0 Å². The summed E-state index contributed by atoms with van der Waals surface area (Å²) in [6.45, 7) is 6.36. The third-order valence-electron chi connectivity index (χ3n) is 3.68. The number of carbonyl (C=O) groups is 1. The van der Waals surface area contributed by atoms with Gasteiger partial charge in [0.25, 0.3) is 0 Å². The molecule has 4 heteroatoms. The minimum atomic E-state index is -0.830. The SMILES string of the molecule is CSc1cccc(N2CCCC(C)(C)C2)c1C(=O)O. The maximum atomic E-state index is 11.6. The van der Waals surface area contributed by atoms with E-state index in [0.717, 1.165) is 30.1 Å². The Kier molecular flexibility index (Phi) is 4.09. The zero-order valence-electron chi connectivity index (χ0n) is 11.8. The van der Waals surface area contributed by atoms with Crippen LogP contribution in [0.25, 0.3) is 0 Å². The normalized spacial score (nSPS) is 18.4. The molecule has 1 heterocycles. The van der Waals surface area contributed by atoms with Crippen LogP contribution in [-0.2, 0) is 0 Å². The van der Waals surface area contributed by atoms with Crippen LogP contribution < -0.4 is 4.90 Å². The Morgan fingerprint density at radius 3 is 2.74 bits per heavy atom. The molecule has 1 saturated heterocycles. The van der Waals surface area contributed by atoms with Crippen molar-refractivity contribution in [3.05, 3.63) is 23.8 Å². The molecule has 1 aliphatic rings. The molecule has 1 fully saturated rings. The van der Waals surface area contributed by atoms with Crippen LogP contribution in [0.2, 0.25) is 0 Å².